The molecule has 1 atom stereocenters. The Labute approximate surface area is 40.9 Å². The van der Waals surface area contributed by atoms with Crippen LogP contribution in [-0.4, -0.2) is 24.4 Å². The minimum atomic E-state index is -0.863. The zero-order valence-electron chi connectivity index (χ0n) is 3.70. The molecule has 3 N–H and O–H groups in total. The summed E-state index contributed by atoms with van der Waals surface area (Å²) in [4.78, 5) is 9.36. The second-order valence-corrected chi connectivity index (χ2v) is 0.953. The van der Waals surface area contributed by atoms with Gasteiger partial charge in [-0.3, -0.25) is 10.5 Å². The van der Waals surface area contributed by atoms with Gasteiger partial charge in [0.25, 0.3) is 6.47 Å². The van der Waals surface area contributed by atoms with Crippen LogP contribution < -0.4 is 5.73 Å². The molecule has 4 nitrogen and oxygen atoms in total. The maximum atomic E-state index is 9.36. The molecule has 7 heavy (non-hydrogen) atoms. The van der Waals surface area contributed by atoms with Gasteiger partial charge in [-0.05, 0) is 0 Å². The number of nitrogens with two attached hydrogens (primary N) is 1. The van der Waals surface area contributed by atoms with Crippen LogP contribution in [0.1, 0.15) is 0 Å². The van der Waals surface area contributed by atoms with Crippen LogP contribution in [0.15, 0.2) is 0 Å². The van der Waals surface area contributed by atoms with Crippen LogP contribution >= 0.6 is 0 Å². The van der Waals surface area contributed by atoms with Gasteiger partial charge in [0.05, 0.1) is 6.61 Å². The molecule has 0 radical (unpaired) electrons. The minimum Gasteiger partial charge on any atom is -0.446 e. The first-order valence-electron chi connectivity index (χ1n) is 1.76. The maximum absolute atomic E-state index is 9.36. The van der Waals surface area contributed by atoms with Crippen molar-refractivity contribution >= 4 is 6.47 Å². The summed E-state index contributed by atoms with van der Waals surface area (Å²) in [7, 11) is 0. The van der Waals surface area contributed by atoms with Gasteiger partial charge in [0, 0.05) is 0 Å². The Hall–Kier alpha value is -0.610. The normalized spacial score (nSPS) is 12.9. The van der Waals surface area contributed by atoms with Gasteiger partial charge in [0.1, 0.15) is 0 Å². The van der Waals surface area contributed by atoms with Crippen molar-refractivity contribution in [3.63, 3.8) is 0 Å². The Morgan fingerprint density at radius 1 is 2.00 bits per heavy atom. The number of ether oxygens (including phenoxy) is 1. The topological polar surface area (TPSA) is 72.6 Å². The van der Waals surface area contributed by atoms with Crippen LogP contribution in [0, 0.1) is 0 Å². The molecular formula is C3H7NO3. The van der Waals surface area contributed by atoms with E-state index in [1.807, 2.05) is 0 Å². The quantitative estimate of drug-likeness (QED) is 0.336. The van der Waals surface area contributed by atoms with E-state index >= 15 is 0 Å². The second-order valence-electron chi connectivity index (χ2n) is 0.953. The van der Waals surface area contributed by atoms with E-state index in [-0.39, 0.29) is 13.1 Å². The smallest absolute Gasteiger partial charge is 0.294 e. The lowest BCUT2D eigenvalue weighted by atomic mass is 10.6. The summed E-state index contributed by atoms with van der Waals surface area (Å²) in [5, 5.41) is 8.06. The highest BCUT2D eigenvalue weighted by Gasteiger charge is 1.93. The molecule has 1 unspecified atom stereocenters. The molecule has 0 fully saturated rings. The molecule has 0 bridgehead atoms. The van der Waals surface area contributed by atoms with Crippen molar-refractivity contribution in [3.8, 4) is 0 Å². The van der Waals surface area contributed by atoms with Gasteiger partial charge in [-0.15, -0.1) is 0 Å². The lowest BCUT2D eigenvalue weighted by Gasteiger charge is -2.01. The zero-order chi connectivity index (χ0) is 5.70. The highest BCUT2D eigenvalue weighted by Crippen LogP contribution is 1.71. The molecule has 0 saturated carbocycles. The second kappa shape index (κ2) is 3.58. The fraction of sp³-hybridized carbons (Fsp3) is 0.667. The SMILES string of the molecule is NC(CO)OC=O. The van der Waals surface area contributed by atoms with Crippen molar-refractivity contribution in [2.45, 2.75) is 6.23 Å². The van der Waals surface area contributed by atoms with E-state index in [0.29, 0.717) is 0 Å². The summed E-state index contributed by atoms with van der Waals surface area (Å²) >= 11 is 0. The Morgan fingerprint density at radius 3 is 2.71 bits per heavy atom. The van der Waals surface area contributed by atoms with E-state index in [1.54, 1.807) is 0 Å². The van der Waals surface area contributed by atoms with E-state index in [4.69, 9.17) is 10.8 Å². The average molecular weight is 105 g/mol. The third kappa shape index (κ3) is 3.21. The van der Waals surface area contributed by atoms with E-state index in [2.05, 4.69) is 4.74 Å². The number of carbonyl (C=O) groups is 1. The van der Waals surface area contributed by atoms with Crippen molar-refractivity contribution in [2.24, 2.45) is 5.73 Å². The van der Waals surface area contributed by atoms with Crippen LogP contribution in [0.2, 0.25) is 0 Å². The van der Waals surface area contributed by atoms with Gasteiger partial charge in [0.15, 0.2) is 6.23 Å². The van der Waals surface area contributed by atoms with E-state index < -0.39 is 6.23 Å². The van der Waals surface area contributed by atoms with Gasteiger partial charge in [-0.25, -0.2) is 0 Å². The summed E-state index contributed by atoms with van der Waals surface area (Å²) in [6, 6.07) is 0. The van der Waals surface area contributed by atoms with Crippen LogP contribution in [0.4, 0.5) is 0 Å². The summed E-state index contributed by atoms with van der Waals surface area (Å²) in [6.45, 7) is -0.139. The lowest BCUT2D eigenvalue weighted by molar-refractivity contribution is -0.135. The van der Waals surface area contributed by atoms with Gasteiger partial charge >= 0.3 is 0 Å². The predicted octanol–water partition coefficient (Wildman–Crippen LogP) is -1.56. The zero-order valence-corrected chi connectivity index (χ0v) is 3.70. The van der Waals surface area contributed by atoms with Gasteiger partial charge in [-0.2, -0.15) is 0 Å². The van der Waals surface area contributed by atoms with Crippen molar-refractivity contribution in [1.29, 1.82) is 0 Å². The Bertz CT molecular complexity index is 56.1. The summed E-state index contributed by atoms with van der Waals surface area (Å²) in [6.07, 6.45) is -0.863. The molecule has 4 heteroatoms. The van der Waals surface area contributed by atoms with Gasteiger partial charge < -0.3 is 9.84 Å². The molecule has 0 aromatic rings. The molecule has 0 heterocycles. The van der Waals surface area contributed by atoms with Crippen molar-refractivity contribution < 1.29 is 14.6 Å². The first kappa shape index (κ1) is 6.39. The molecule has 0 aliphatic heterocycles. The summed E-state index contributed by atoms with van der Waals surface area (Å²) in [5.74, 6) is 0. The summed E-state index contributed by atoms with van der Waals surface area (Å²) < 4.78 is 4.04. The van der Waals surface area contributed by atoms with E-state index in [0.717, 1.165) is 0 Å². The van der Waals surface area contributed by atoms with E-state index in [1.165, 1.54) is 0 Å². The standard InChI is InChI=1S/C3H7NO3/c4-3(1-5)7-2-6/h2-3,5H,1,4H2. The number of carbonyl (C=O) groups excluding carboxylic acids is 1. The molecule has 0 amide bonds. The highest BCUT2D eigenvalue weighted by molar-refractivity contribution is 5.37. The number of hydrogen-bond acceptors (Lipinski definition) is 4. The molecule has 0 aromatic heterocycles. The molecular weight excluding hydrogens is 98.0 g/mol. The maximum Gasteiger partial charge on any atom is 0.294 e. The molecule has 0 aliphatic carbocycles. The molecule has 0 aromatic carbocycles. The molecule has 0 saturated heterocycles. The molecule has 0 rings (SSSR count). The predicted molar refractivity (Wildman–Crippen MR) is 22.2 cm³/mol. The van der Waals surface area contributed by atoms with Crippen LogP contribution in [0.25, 0.3) is 0 Å². The molecule has 0 aliphatic rings. The van der Waals surface area contributed by atoms with Crippen LogP contribution in [0.3, 0.4) is 0 Å². The summed E-state index contributed by atoms with van der Waals surface area (Å²) in [5.41, 5.74) is 4.88. The number of aliphatic hydroxyl groups is 1. The number of aliphatic hydroxyl groups excluding tert-OH is 1. The number of rotatable bonds is 3. The average Bonchev–Trinajstić information content (AvgIpc) is 1.68. The first-order chi connectivity index (χ1) is 3.31. The third-order valence-corrected chi connectivity index (χ3v) is 0.410. The Kier molecular flexibility index (Phi) is 3.26. The number of hydrogen-bond donors (Lipinski definition) is 2. The van der Waals surface area contributed by atoms with Crippen molar-refractivity contribution in [1.82, 2.24) is 0 Å². The Morgan fingerprint density at radius 2 is 2.57 bits per heavy atom. The Balaban J connectivity index is 2.98. The van der Waals surface area contributed by atoms with Crippen LogP contribution in [-0.2, 0) is 9.53 Å². The molecule has 42 valence electrons. The van der Waals surface area contributed by atoms with Crippen LogP contribution in [0.5, 0.6) is 0 Å². The van der Waals surface area contributed by atoms with Gasteiger partial charge in [0.2, 0.25) is 0 Å². The fourth-order valence-electron chi connectivity index (χ4n) is 0.114. The van der Waals surface area contributed by atoms with E-state index in [9.17, 15) is 4.79 Å². The highest BCUT2D eigenvalue weighted by atomic mass is 16.5. The fourth-order valence-corrected chi connectivity index (χ4v) is 0.114. The van der Waals surface area contributed by atoms with Crippen molar-refractivity contribution in [3.05, 3.63) is 0 Å². The third-order valence-electron chi connectivity index (χ3n) is 0.410. The largest absolute Gasteiger partial charge is 0.446 e. The van der Waals surface area contributed by atoms with Gasteiger partial charge in [-0.1, -0.05) is 0 Å². The van der Waals surface area contributed by atoms with Crippen molar-refractivity contribution in [2.75, 3.05) is 6.61 Å². The monoisotopic (exact) mass is 105 g/mol. The lowest BCUT2D eigenvalue weighted by Crippen LogP contribution is -2.26. The molecule has 0 spiro atoms. The first-order valence-corrected chi connectivity index (χ1v) is 1.76. The minimum absolute atomic E-state index is 0.195.